The van der Waals surface area contributed by atoms with Crippen LogP contribution in [0.15, 0.2) is 36.4 Å². The molecule has 0 fully saturated rings. The van der Waals surface area contributed by atoms with Crippen molar-refractivity contribution in [1.29, 1.82) is 5.26 Å². The Morgan fingerprint density at radius 1 is 1.29 bits per heavy atom. The summed E-state index contributed by atoms with van der Waals surface area (Å²) in [6.07, 6.45) is 0. The van der Waals surface area contributed by atoms with Gasteiger partial charge in [0.2, 0.25) is 0 Å². The predicted octanol–water partition coefficient (Wildman–Crippen LogP) is 3.31. The van der Waals surface area contributed by atoms with Gasteiger partial charge < -0.3 is 14.8 Å². The lowest BCUT2D eigenvalue weighted by Crippen LogP contribution is -2.21. The number of anilines is 1. The van der Waals surface area contributed by atoms with Crippen molar-refractivity contribution in [3.8, 4) is 11.8 Å². The molecule has 0 aliphatic rings. The molecule has 1 amide bonds. The minimum Gasteiger partial charge on any atom is -0.487 e. The van der Waals surface area contributed by atoms with Crippen LogP contribution in [0.1, 0.15) is 22.8 Å². The van der Waals surface area contributed by atoms with E-state index in [0.717, 1.165) is 6.07 Å². The van der Waals surface area contributed by atoms with Gasteiger partial charge in [-0.3, -0.25) is 14.9 Å². The van der Waals surface area contributed by atoms with E-state index in [2.05, 4.69) is 5.32 Å². The lowest BCUT2D eigenvalue weighted by atomic mass is 10.2. The number of halogens is 1. The summed E-state index contributed by atoms with van der Waals surface area (Å²) in [5, 5.41) is 22.9. The molecule has 0 aliphatic heterocycles. The summed E-state index contributed by atoms with van der Waals surface area (Å²) in [6.45, 7) is 1.23. The van der Waals surface area contributed by atoms with Crippen LogP contribution in [0.4, 0.5) is 11.4 Å². The number of esters is 1. The van der Waals surface area contributed by atoms with Crippen LogP contribution in [-0.4, -0.2) is 30.0 Å². The zero-order chi connectivity index (χ0) is 20.7. The van der Waals surface area contributed by atoms with Crippen molar-refractivity contribution in [2.24, 2.45) is 0 Å². The third-order valence-corrected chi connectivity index (χ3v) is 3.64. The second kappa shape index (κ2) is 9.34. The molecule has 0 atom stereocenters. The standard InChI is InChI=1S/C18H14ClN3O6/c1-2-27-16-6-4-11(7-15(16)22(25)26)18(24)28-10-17(23)21-14-8-13(19)5-3-12(14)9-20/h3-8H,2,10H2,1H3,(H,21,23). The van der Waals surface area contributed by atoms with Crippen LogP contribution < -0.4 is 10.1 Å². The average Bonchev–Trinajstić information content (AvgIpc) is 2.66. The average molecular weight is 404 g/mol. The minimum absolute atomic E-state index is 0.0202. The largest absolute Gasteiger partial charge is 0.487 e. The van der Waals surface area contributed by atoms with Crippen molar-refractivity contribution in [2.45, 2.75) is 6.92 Å². The van der Waals surface area contributed by atoms with E-state index < -0.39 is 29.1 Å². The van der Waals surface area contributed by atoms with Crippen LogP contribution in [0.2, 0.25) is 5.02 Å². The molecular weight excluding hydrogens is 390 g/mol. The Morgan fingerprint density at radius 3 is 2.68 bits per heavy atom. The number of hydrogen-bond donors (Lipinski definition) is 1. The van der Waals surface area contributed by atoms with Crippen LogP contribution in [0.3, 0.4) is 0 Å². The Morgan fingerprint density at radius 2 is 2.04 bits per heavy atom. The quantitative estimate of drug-likeness (QED) is 0.426. The van der Waals surface area contributed by atoms with E-state index in [4.69, 9.17) is 26.3 Å². The Bertz CT molecular complexity index is 970. The van der Waals surface area contributed by atoms with Gasteiger partial charge in [-0.05, 0) is 37.3 Å². The Hall–Kier alpha value is -3.64. The molecule has 0 radical (unpaired) electrons. The Kier molecular flexibility index (Phi) is 6.90. The molecule has 0 aromatic heterocycles. The number of amides is 1. The van der Waals surface area contributed by atoms with Crippen molar-refractivity contribution >= 4 is 34.9 Å². The van der Waals surface area contributed by atoms with Gasteiger partial charge in [-0.15, -0.1) is 0 Å². The molecule has 9 nitrogen and oxygen atoms in total. The van der Waals surface area contributed by atoms with Gasteiger partial charge in [0.15, 0.2) is 12.4 Å². The number of nitrogens with zero attached hydrogens (tertiary/aromatic N) is 2. The third-order valence-electron chi connectivity index (χ3n) is 3.40. The maximum absolute atomic E-state index is 12.1. The number of carbonyl (C=O) groups is 2. The fraction of sp³-hybridized carbons (Fsp3) is 0.167. The number of ether oxygens (including phenoxy) is 2. The molecule has 2 aromatic carbocycles. The van der Waals surface area contributed by atoms with Crippen LogP contribution in [0, 0.1) is 21.4 Å². The molecule has 0 unspecified atom stereocenters. The molecule has 0 spiro atoms. The molecular formula is C18H14ClN3O6. The number of hydrogen-bond acceptors (Lipinski definition) is 7. The summed E-state index contributed by atoms with van der Waals surface area (Å²) in [5.41, 5.74) is -0.138. The molecule has 144 valence electrons. The van der Waals surface area contributed by atoms with Gasteiger partial charge >= 0.3 is 11.7 Å². The third kappa shape index (κ3) is 5.18. The van der Waals surface area contributed by atoms with Crippen LogP contribution in [-0.2, 0) is 9.53 Å². The van der Waals surface area contributed by atoms with Crippen molar-refractivity contribution in [3.05, 3.63) is 62.7 Å². The molecule has 0 saturated heterocycles. The first-order chi connectivity index (χ1) is 13.3. The van der Waals surface area contributed by atoms with Gasteiger partial charge in [-0.2, -0.15) is 5.26 Å². The number of benzene rings is 2. The molecule has 0 heterocycles. The van der Waals surface area contributed by atoms with Crippen LogP contribution in [0.5, 0.6) is 5.75 Å². The van der Waals surface area contributed by atoms with Crippen molar-refractivity contribution < 1.29 is 24.0 Å². The van der Waals surface area contributed by atoms with E-state index in [9.17, 15) is 19.7 Å². The first-order valence-corrected chi connectivity index (χ1v) is 8.31. The fourth-order valence-corrected chi connectivity index (χ4v) is 2.35. The normalized spacial score (nSPS) is 9.89. The highest BCUT2D eigenvalue weighted by atomic mass is 35.5. The van der Waals surface area contributed by atoms with Crippen molar-refractivity contribution in [1.82, 2.24) is 0 Å². The number of nitrogens with one attached hydrogen (secondary N) is 1. The molecule has 0 bridgehead atoms. The fourth-order valence-electron chi connectivity index (χ4n) is 2.18. The molecule has 0 aliphatic carbocycles. The van der Waals surface area contributed by atoms with E-state index in [0.29, 0.717) is 5.02 Å². The van der Waals surface area contributed by atoms with Crippen molar-refractivity contribution in [3.63, 3.8) is 0 Å². The second-order valence-corrected chi connectivity index (χ2v) is 5.74. The maximum atomic E-state index is 12.1. The Balaban J connectivity index is 2.05. The highest BCUT2D eigenvalue weighted by Crippen LogP contribution is 2.28. The summed E-state index contributed by atoms with van der Waals surface area (Å²) >= 11 is 5.83. The van der Waals surface area contributed by atoms with Crippen LogP contribution in [0.25, 0.3) is 0 Å². The lowest BCUT2D eigenvalue weighted by Gasteiger charge is -2.09. The Labute approximate surface area is 164 Å². The summed E-state index contributed by atoms with van der Waals surface area (Å²) in [7, 11) is 0. The van der Waals surface area contributed by atoms with E-state index in [-0.39, 0.29) is 29.2 Å². The molecule has 2 aromatic rings. The number of nitriles is 1. The monoisotopic (exact) mass is 403 g/mol. The van der Waals surface area contributed by atoms with Crippen LogP contribution >= 0.6 is 11.6 Å². The van der Waals surface area contributed by atoms with Gasteiger partial charge in [-0.25, -0.2) is 4.79 Å². The molecule has 2 rings (SSSR count). The molecule has 1 N–H and O–H groups in total. The van der Waals surface area contributed by atoms with Gasteiger partial charge in [-0.1, -0.05) is 11.6 Å². The molecule has 10 heteroatoms. The SMILES string of the molecule is CCOc1ccc(C(=O)OCC(=O)Nc2cc(Cl)ccc2C#N)cc1[N+](=O)[O-]. The van der Waals surface area contributed by atoms with Crippen molar-refractivity contribution in [2.75, 3.05) is 18.5 Å². The predicted molar refractivity (Wildman–Crippen MR) is 99.3 cm³/mol. The number of rotatable bonds is 7. The van der Waals surface area contributed by atoms with E-state index >= 15 is 0 Å². The zero-order valence-electron chi connectivity index (χ0n) is 14.6. The number of nitro groups is 1. The highest BCUT2D eigenvalue weighted by Gasteiger charge is 2.20. The van der Waals surface area contributed by atoms with Gasteiger partial charge in [0.25, 0.3) is 5.91 Å². The first-order valence-electron chi connectivity index (χ1n) is 7.93. The minimum atomic E-state index is -0.923. The second-order valence-electron chi connectivity index (χ2n) is 5.30. The lowest BCUT2D eigenvalue weighted by molar-refractivity contribution is -0.385. The van der Waals surface area contributed by atoms with Gasteiger partial charge in [0.1, 0.15) is 6.07 Å². The summed E-state index contributed by atoms with van der Waals surface area (Å²) in [5.74, 6) is -1.60. The van der Waals surface area contributed by atoms with E-state index in [1.54, 1.807) is 6.92 Å². The first kappa shape index (κ1) is 20.7. The summed E-state index contributed by atoms with van der Waals surface area (Å²) in [6, 6.07) is 9.79. The molecule has 0 saturated carbocycles. The highest BCUT2D eigenvalue weighted by molar-refractivity contribution is 6.31. The number of nitro benzene ring substituents is 1. The number of carbonyl (C=O) groups excluding carboxylic acids is 2. The zero-order valence-corrected chi connectivity index (χ0v) is 15.4. The van der Waals surface area contributed by atoms with E-state index in [1.165, 1.54) is 30.3 Å². The van der Waals surface area contributed by atoms with Gasteiger partial charge in [0.05, 0.1) is 28.3 Å². The van der Waals surface area contributed by atoms with Gasteiger partial charge in [0, 0.05) is 11.1 Å². The molecule has 28 heavy (non-hydrogen) atoms. The maximum Gasteiger partial charge on any atom is 0.338 e. The summed E-state index contributed by atoms with van der Waals surface area (Å²) < 4.78 is 10.0. The smallest absolute Gasteiger partial charge is 0.338 e. The summed E-state index contributed by atoms with van der Waals surface area (Å²) in [4.78, 5) is 34.5. The topological polar surface area (TPSA) is 132 Å². The van der Waals surface area contributed by atoms with E-state index in [1.807, 2.05) is 6.07 Å².